The van der Waals surface area contributed by atoms with Crippen molar-refractivity contribution in [2.75, 3.05) is 6.54 Å². The number of hydrogen-bond donors (Lipinski definition) is 1. The van der Waals surface area contributed by atoms with Crippen molar-refractivity contribution in [2.24, 2.45) is 5.92 Å². The third-order valence-corrected chi connectivity index (χ3v) is 5.24. The summed E-state index contributed by atoms with van der Waals surface area (Å²) < 4.78 is 0. The van der Waals surface area contributed by atoms with Crippen LogP contribution in [0.15, 0.2) is 29.8 Å². The molecule has 0 aromatic carbocycles. The van der Waals surface area contributed by atoms with Crippen molar-refractivity contribution in [2.45, 2.75) is 45.1 Å². The van der Waals surface area contributed by atoms with Crippen molar-refractivity contribution in [1.29, 1.82) is 0 Å². The number of nitrogens with one attached hydrogen (secondary N) is 1. The van der Waals surface area contributed by atoms with Crippen LogP contribution in [0.5, 0.6) is 0 Å². The highest BCUT2D eigenvalue weighted by Gasteiger charge is 2.20. The SMILES string of the molecule is CC1CCCCC1NCCc1nc(-c2ccccn2)cs1. The Morgan fingerprint density at radius 3 is 2.95 bits per heavy atom. The fourth-order valence-electron chi connectivity index (χ4n) is 3.04. The normalized spacial score (nSPS) is 22.3. The Morgan fingerprint density at radius 2 is 2.14 bits per heavy atom. The zero-order valence-electron chi connectivity index (χ0n) is 12.6. The lowest BCUT2D eigenvalue weighted by molar-refractivity contribution is 0.282. The van der Waals surface area contributed by atoms with Crippen molar-refractivity contribution in [3.8, 4) is 11.4 Å². The van der Waals surface area contributed by atoms with Crippen LogP contribution in [-0.2, 0) is 6.42 Å². The van der Waals surface area contributed by atoms with Gasteiger partial charge in [0.1, 0.15) is 0 Å². The van der Waals surface area contributed by atoms with Crippen LogP contribution in [0.4, 0.5) is 0 Å². The molecule has 0 saturated heterocycles. The summed E-state index contributed by atoms with van der Waals surface area (Å²) in [6.07, 6.45) is 8.32. The van der Waals surface area contributed by atoms with Gasteiger partial charge in [-0.1, -0.05) is 25.8 Å². The Morgan fingerprint density at radius 1 is 1.24 bits per heavy atom. The first-order valence-electron chi connectivity index (χ1n) is 7.92. The van der Waals surface area contributed by atoms with Gasteiger partial charge in [-0.3, -0.25) is 4.98 Å². The molecule has 0 aliphatic heterocycles. The van der Waals surface area contributed by atoms with Crippen LogP contribution >= 0.6 is 11.3 Å². The largest absolute Gasteiger partial charge is 0.313 e. The smallest absolute Gasteiger partial charge is 0.0998 e. The number of aromatic nitrogens is 2. The van der Waals surface area contributed by atoms with Gasteiger partial charge in [-0.25, -0.2) is 4.98 Å². The van der Waals surface area contributed by atoms with Crippen LogP contribution in [0.2, 0.25) is 0 Å². The lowest BCUT2D eigenvalue weighted by atomic mass is 9.86. The molecule has 1 saturated carbocycles. The molecule has 2 aromatic rings. The molecule has 1 aliphatic carbocycles. The summed E-state index contributed by atoms with van der Waals surface area (Å²) in [6.45, 7) is 3.41. The monoisotopic (exact) mass is 301 g/mol. The lowest BCUT2D eigenvalue weighted by Crippen LogP contribution is -2.38. The first-order chi connectivity index (χ1) is 10.3. The molecular weight excluding hydrogens is 278 g/mol. The second kappa shape index (κ2) is 7.14. The van der Waals surface area contributed by atoms with Crippen LogP contribution in [-0.4, -0.2) is 22.6 Å². The maximum atomic E-state index is 4.70. The van der Waals surface area contributed by atoms with E-state index >= 15 is 0 Å². The van der Waals surface area contributed by atoms with Gasteiger partial charge in [0.05, 0.1) is 16.4 Å². The predicted molar refractivity (Wildman–Crippen MR) is 88.5 cm³/mol. The summed E-state index contributed by atoms with van der Waals surface area (Å²) in [5.41, 5.74) is 1.97. The van der Waals surface area contributed by atoms with Crippen molar-refractivity contribution < 1.29 is 0 Å². The molecule has 112 valence electrons. The van der Waals surface area contributed by atoms with Crippen LogP contribution in [0, 0.1) is 5.92 Å². The molecule has 1 aliphatic rings. The summed E-state index contributed by atoms with van der Waals surface area (Å²) in [7, 11) is 0. The van der Waals surface area contributed by atoms with E-state index in [0.717, 1.165) is 30.3 Å². The molecule has 0 amide bonds. The minimum atomic E-state index is 0.703. The molecule has 3 rings (SSSR count). The highest BCUT2D eigenvalue weighted by molar-refractivity contribution is 7.09. The molecule has 2 unspecified atom stereocenters. The highest BCUT2D eigenvalue weighted by atomic mass is 32.1. The molecule has 0 bridgehead atoms. The Kier molecular flexibility index (Phi) is 4.99. The second-order valence-corrected chi connectivity index (χ2v) is 6.86. The van der Waals surface area contributed by atoms with E-state index in [4.69, 9.17) is 4.98 Å². The minimum absolute atomic E-state index is 0.703. The van der Waals surface area contributed by atoms with Gasteiger partial charge in [-0.2, -0.15) is 0 Å². The zero-order valence-corrected chi connectivity index (χ0v) is 13.4. The van der Waals surface area contributed by atoms with Crippen molar-refractivity contribution in [1.82, 2.24) is 15.3 Å². The summed E-state index contributed by atoms with van der Waals surface area (Å²) in [6, 6.07) is 6.66. The molecule has 21 heavy (non-hydrogen) atoms. The minimum Gasteiger partial charge on any atom is -0.313 e. The van der Waals surface area contributed by atoms with E-state index in [0.29, 0.717) is 6.04 Å². The molecule has 1 N–H and O–H groups in total. The quantitative estimate of drug-likeness (QED) is 0.909. The standard InChI is InChI=1S/C17H23N3S/c1-13-6-2-3-7-14(13)19-11-9-17-20-16(12-21-17)15-8-4-5-10-18-15/h4-5,8,10,12-14,19H,2-3,6-7,9,11H2,1H3. The second-order valence-electron chi connectivity index (χ2n) is 5.91. The highest BCUT2D eigenvalue weighted by Crippen LogP contribution is 2.24. The van der Waals surface area contributed by atoms with Gasteiger partial charge in [-0.15, -0.1) is 11.3 Å². The number of thiazole rings is 1. The Bertz CT molecular complexity index is 552. The summed E-state index contributed by atoms with van der Waals surface area (Å²) in [5, 5.41) is 7.03. The molecule has 3 nitrogen and oxygen atoms in total. The van der Waals surface area contributed by atoms with Crippen molar-refractivity contribution in [3.63, 3.8) is 0 Å². The van der Waals surface area contributed by atoms with Gasteiger partial charge in [0.25, 0.3) is 0 Å². The van der Waals surface area contributed by atoms with E-state index in [1.165, 1.54) is 30.7 Å². The number of pyridine rings is 1. The van der Waals surface area contributed by atoms with Crippen LogP contribution in [0.1, 0.15) is 37.6 Å². The molecule has 2 heterocycles. The van der Waals surface area contributed by atoms with Crippen LogP contribution < -0.4 is 5.32 Å². The average Bonchev–Trinajstić information content (AvgIpc) is 2.99. The molecule has 2 aromatic heterocycles. The fourth-order valence-corrected chi connectivity index (χ4v) is 3.83. The molecule has 4 heteroatoms. The zero-order chi connectivity index (χ0) is 14.5. The number of nitrogens with zero attached hydrogens (tertiary/aromatic N) is 2. The Labute approximate surface area is 130 Å². The van der Waals surface area contributed by atoms with E-state index in [-0.39, 0.29) is 0 Å². The molecular formula is C17H23N3S. The first kappa shape index (κ1) is 14.7. The van der Waals surface area contributed by atoms with Crippen molar-refractivity contribution >= 4 is 11.3 Å². The number of rotatable bonds is 5. The van der Waals surface area contributed by atoms with Crippen LogP contribution in [0.25, 0.3) is 11.4 Å². The summed E-state index contributed by atoms with van der Waals surface area (Å²) >= 11 is 1.74. The number of hydrogen-bond acceptors (Lipinski definition) is 4. The van der Waals surface area contributed by atoms with E-state index in [9.17, 15) is 0 Å². The van der Waals surface area contributed by atoms with E-state index < -0.39 is 0 Å². The van der Waals surface area contributed by atoms with Gasteiger partial charge >= 0.3 is 0 Å². The van der Waals surface area contributed by atoms with E-state index in [2.05, 4.69) is 22.6 Å². The lowest BCUT2D eigenvalue weighted by Gasteiger charge is -2.29. The fraction of sp³-hybridized carbons (Fsp3) is 0.529. The Hall–Kier alpha value is -1.26. The van der Waals surface area contributed by atoms with Gasteiger partial charge < -0.3 is 5.32 Å². The van der Waals surface area contributed by atoms with Crippen LogP contribution in [0.3, 0.4) is 0 Å². The molecule has 1 fully saturated rings. The van der Waals surface area contributed by atoms with Gasteiger partial charge in [0, 0.05) is 30.6 Å². The third kappa shape index (κ3) is 3.89. The summed E-state index contributed by atoms with van der Waals surface area (Å²) in [4.78, 5) is 9.05. The van der Waals surface area contributed by atoms with E-state index in [1.807, 2.05) is 24.4 Å². The topological polar surface area (TPSA) is 37.8 Å². The Balaban J connectivity index is 1.51. The maximum Gasteiger partial charge on any atom is 0.0998 e. The maximum absolute atomic E-state index is 4.70. The predicted octanol–water partition coefficient (Wildman–Crippen LogP) is 3.92. The van der Waals surface area contributed by atoms with Gasteiger partial charge in [0.15, 0.2) is 0 Å². The van der Waals surface area contributed by atoms with Gasteiger partial charge in [-0.05, 0) is 30.9 Å². The average molecular weight is 301 g/mol. The molecule has 2 atom stereocenters. The van der Waals surface area contributed by atoms with Gasteiger partial charge in [0.2, 0.25) is 0 Å². The third-order valence-electron chi connectivity index (χ3n) is 4.34. The molecule has 0 spiro atoms. The molecule has 0 radical (unpaired) electrons. The first-order valence-corrected chi connectivity index (χ1v) is 8.80. The van der Waals surface area contributed by atoms with E-state index in [1.54, 1.807) is 11.3 Å². The summed E-state index contributed by atoms with van der Waals surface area (Å²) in [5.74, 6) is 0.819. The van der Waals surface area contributed by atoms with Crippen molar-refractivity contribution in [3.05, 3.63) is 34.8 Å².